The quantitative estimate of drug-likeness (QED) is 0.380. The van der Waals surface area contributed by atoms with Crippen LogP contribution >= 0.6 is 0 Å². The second kappa shape index (κ2) is 11.3. The van der Waals surface area contributed by atoms with E-state index in [0.717, 1.165) is 36.8 Å². The first-order valence-corrected chi connectivity index (χ1v) is 14.7. The Balaban J connectivity index is 1.25. The van der Waals surface area contributed by atoms with Crippen LogP contribution in [0.5, 0.6) is 5.75 Å². The predicted molar refractivity (Wildman–Crippen MR) is 148 cm³/mol. The van der Waals surface area contributed by atoms with E-state index in [2.05, 4.69) is 33.0 Å². The van der Waals surface area contributed by atoms with Crippen LogP contribution in [0, 0.1) is 0 Å². The van der Waals surface area contributed by atoms with Crippen LogP contribution in [0.25, 0.3) is 0 Å². The molecule has 1 fully saturated rings. The summed E-state index contributed by atoms with van der Waals surface area (Å²) >= 11 is 0. The Kier molecular flexibility index (Phi) is 7.83. The highest BCUT2D eigenvalue weighted by molar-refractivity contribution is 7.87. The van der Waals surface area contributed by atoms with E-state index in [-0.39, 0.29) is 23.4 Å². The minimum atomic E-state index is -3.66. The van der Waals surface area contributed by atoms with Crippen LogP contribution in [-0.2, 0) is 22.0 Å². The molecule has 2 aliphatic rings. The van der Waals surface area contributed by atoms with Crippen LogP contribution in [0.2, 0.25) is 0 Å². The highest BCUT2D eigenvalue weighted by atomic mass is 32.2. The molecule has 3 aromatic carbocycles. The normalized spacial score (nSPS) is 23.0. The van der Waals surface area contributed by atoms with E-state index < -0.39 is 10.2 Å². The standard InChI is InChI=1S/C30H35N3O4S/c1-37-28-14-8-7-13-26(28)29(34)31-21-30(23-10-3-2-4-11-23)19-17-24(18-20-30)32-38(35,36)33-27-16-15-22-9-5-6-12-25(22)27/h2-14,24,27,32-33H,15-21H2,1H3,(H,31,34). The third kappa shape index (κ3) is 5.77. The molecule has 0 aliphatic heterocycles. The molecule has 0 spiro atoms. The molecule has 38 heavy (non-hydrogen) atoms. The number of benzene rings is 3. The topological polar surface area (TPSA) is 96.5 Å². The summed E-state index contributed by atoms with van der Waals surface area (Å²) in [4.78, 5) is 13.1. The summed E-state index contributed by atoms with van der Waals surface area (Å²) in [7, 11) is -2.11. The highest BCUT2D eigenvalue weighted by Gasteiger charge is 2.38. The maximum absolute atomic E-state index is 13.1. The minimum absolute atomic E-state index is 0.161. The van der Waals surface area contributed by atoms with Crippen molar-refractivity contribution in [2.45, 2.75) is 56.0 Å². The van der Waals surface area contributed by atoms with Crippen molar-refractivity contribution in [3.8, 4) is 5.75 Å². The predicted octanol–water partition coefficient (Wildman–Crippen LogP) is 4.42. The molecular weight excluding hydrogens is 498 g/mol. The van der Waals surface area contributed by atoms with E-state index >= 15 is 0 Å². The number of rotatable bonds is 9. The molecule has 1 unspecified atom stereocenters. The molecule has 0 heterocycles. The van der Waals surface area contributed by atoms with Crippen LogP contribution in [0.15, 0.2) is 78.9 Å². The SMILES string of the molecule is COc1ccccc1C(=O)NCC1(c2ccccc2)CCC(NS(=O)(=O)NC2CCc3ccccc32)CC1. The molecule has 5 rings (SSSR count). The lowest BCUT2D eigenvalue weighted by Gasteiger charge is -2.41. The Hall–Kier alpha value is -3.20. The van der Waals surface area contributed by atoms with E-state index in [1.807, 2.05) is 48.5 Å². The number of amides is 1. The van der Waals surface area contributed by atoms with E-state index in [9.17, 15) is 13.2 Å². The fourth-order valence-electron chi connectivity index (χ4n) is 5.94. The van der Waals surface area contributed by atoms with E-state index in [4.69, 9.17) is 4.74 Å². The van der Waals surface area contributed by atoms with Gasteiger partial charge in [-0.05, 0) is 67.3 Å². The molecule has 8 heteroatoms. The fourth-order valence-corrected chi connectivity index (χ4v) is 7.31. The van der Waals surface area contributed by atoms with E-state index in [1.165, 1.54) is 5.56 Å². The molecule has 200 valence electrons. The summed E-state index contributed by atoms with van der Waals surface area (Å²) in [6.45, 7) is 0.463. The van der Waals surface area contributed by atoms with Crippen LogP contribution in [0.4, 0.5) is 0 Å². The molecule has 0 aromatic heterocycles. The molecule has 1 amide bonds. The van der Waals surface area contributed by atoms with Gasteiger partial charge in [-0.15, -0.1) is 0 Å². The summed E-state index contributed by atoms with van der Waals surface area (Å²) in [5.74, 6) is 0.357. The minimum Gasteiger partial charge on any atom is -0.496 e. The van der Waals surface area contributed by atoms with Gasteiger partial charge in [-0.2, -0.15) is 17.9 Å². The lowest BCUT2D eigenvalue weighted by Crippen LogP contribution is -2.49. The Morgan fingerprint density at radius 1 is 0.895 bits per heavy atom. The lowest BCUT2D eigenvalue weighted by atomic mass is 9.68. The van der Waals surface area contributed by atoms with Crippen molar-refractivity contribution in [2.75, 3.05) is 13.7 Å². The average molecular weight is 534 g/mol. The number of carbonyl (C=O) groups excluding carboxylic acids is 1. The molecule has 0 radical (unpaired) electrons. The summed E-state index contributed by atoms with van der Waals surface area (Å²) < 4.78 is 37.2. The van der Waals surface area contributed by atoms with E-state index in [1.54, 1.807) is 19.2 Å². The monoisotopic (exact) mass is 533 g/mol. The number of hydrogen-bond donors (Lipinski definition) is 3. The van der Waals surface area contributed by atoms with Gasteiger partial charge in [0.25, 0.3) is 16.1 Å². The maximum Gasteiger partial charge on any atom is 0.277 e. The van der Waals surface area contributed by atoms with Crippen molar-refractivity contribution in [1.29, 1.82) is 0 Å². The van der Waals surface area contributed by atoms with Crippen molar-refractivity contribution in [1.82, 2.24) is 14.8 Å². The van der Waals surface area contributed by atoms with Crippen molar-refractivity contribution in [3.63, 3.8) is 0 Å². The highest BCUT2D eigenvalue weighted by Crippen LogP contribution is 2.39. The van der Waals surface area contributed by atoms with Crippen LogP contribution in [0.3, 0.4) is 0 Å². The van der Waals surface area contributed by atoms with Gasteiger partial charge in [-0.3, -0.25) is 4.79 Å². The molecule has 1 atom stereocenters. The van der Waals surface area contributed by atoms with Gasteiger partial charge in [0.15, 0.2) is 0 Å². The third-order valence-electron chi connectivity index (χ3n) is 8.02. The Morgan fingerprint density at radius 2 is 1.58 bits per heavy atom. The summed E-state index contributed by atoms with van der Waals surface area (Å²) in [6.07, 6.45) is 4.52. The first kappa shape index (κ1) is 26.4. The molecule has 2 aliphatic carbocycles. The zero-order chi connectivity index (χ0) is 26.6. The molecule has 0 saturated heterocycles. The number of hydrogen-bond acceptors (Lipinski definition) is 4. The van der Waals surface area contributed by atoms with Crippen LogP contribution in [-0.4, -0.2) is 34.0 Å². The molecule has 3 N–H and O–H groups in total. The fraction of sp³-hybridized carbons (Fsp3) is 0.367. The summed E-state index contributed by atoms with van der Waals surface area (Å²) in [6, 6.07) is 25.0. The first-order chi connectivity index (χ1) is 18.4. The van der Waals surface area contributed by atoms with E-state index in [0.29, 0.717) is 30.7 Å². The van der Waals surface area contributed by atoms with Crippen molar-refractivity contribution < 1.29 is 17.9 Å². The van der Waals surface area contributed by atoms with Gasteiger partial charge in [0.2, 0.25) is 0 Å². The molecule has 1 saturated carbocycles. The second-order valence-corrected chi connectivity index (χ2v) is 11.8. The Labute approximate surface area is 225 Å². The van der Waals surface area contributed by atoms with Crippen molar-refractivity contribution >= 4 is 16.1 Å². The zero-order valence-electron chi connectivity index (χ0n) is 21.7. The van der Waals surface area contributed by atoms with Crippen molar-refractivity contribution in [3.05, 3.63) is 101 Å². The number of ether oxygens (including phenoxy) is 1. The Bertz CT molecular complexity index is 1370. The average Bonchev–Trinajstić information content (AvgIpc) is 3.35. The largest absolute Gasteiger partial charge is 0.496 e. The summed E-state index contributed by atoms with van der Waals surface area (Å²) in [5, 5.41) is 3.13. The molecular formula is C30H35N3O4S. The maximum atomic E-state index is 13.1. The summed E-state index contributed by atoms with van der Waals surface area (Å²) in [5.41, 5.74) is 3.65. The van der Waals surface area contributed by atoms with Gasteiger partial charge >= 0.3 is 0 Å². The van der Waals surface area contributed by atoms with Crippen LogP contribution < -0.4 is 19.5 Å². The van der Waals surface area contributed by atoms with Gasteiger partial charge in [0.05, 0.1) is 12.7 Å². The van der Waals surface area contributed by atoms with Gasteiger partial charge in [-0.1, -0.05) is 66.7 Å². The Morgan fingerprint density at radius 3 is 2.34 bits per heavy atom. The smallest absolute Gasteiger partial charge is 0.277 e. The number of fused-ring (bicyclic) bond motifs is 1. The number of nitrogens with one attached hydrogen (secondary N) is 3. The number of aryl methyl sites for hydroxylation is 1. The zero-order valence-corrected chi connectivity index (χ0v) is 22.5. The molecule has 3 aromatic rings. The first-order valence-electron chi connectivity index (χ1n) is 13.2. The van der Waals surface area contributed by atoms with Gasteiger partial charge in [-0.25, -0.2) is 0 Å². The van der Waals surface area contributed by atoms with Crippen LogP contribution in [0.1, 0.15) is 65.2 Å². The lowest BCUT2D eigenvalue weighted by molar-refractivity contribution is 0.0932. The molecule has 0 bridgehead atoms. The van der Waals surface area contributed by atoms with Gasteiger partial charge in [0.1, 0.15) is 5.75 Å². The van der Waals surface area contributed by atoms with Gasteiger partial charge < -0.3 is 10.1 Å². The number of methoxy groups -OCH3 is 1. The van der Waals surface area contributed by atoms with Gasteiger partial charge in [0, 0.05) is 24.0 Å². The number of para-hydroxylation sites is 1. The number of carbonyl (C=O) groups is 1. The third-order valence-corrected chi connectivity index (χ3v) is 9.26. The molecule has 7 nitrogen and oxygen atoms in total. The second-order valence-electron chi connectivity index (χ2n) is 10.3. The van der Waals surface area contributed by atoms with Crippen molar-refractivity contribution in [2.24, 2.45) is 0 Å².